The van der Waals surface area contributed by atoms with Crippen LogP contribution in [0, 0.1) is 13.8 Å². The number of hydrazine groups is 1. The van der Waals surface area contributed by atoms with Gasteiger partial charge in [0.2, 0.25) is 0 Å². The second-order valence-electron chi connectivity index (χ2n) is 4.89. The van der Waals surface area contributed by atoms with Gasteiger partial charge in [-0.05, 0) is 49.7 Å². The number of benzene rings is 1. The molecule has 3 N–H and O–H groups in total. The van der Waals surface area contributed by atoms with Crippen LogP contribution in [0.15, 0.2) is 29.6 Å². The van der Waals surface area contributed by atoms with Crippen molar-refractivity contribution in [3.63, 3.8) is 0 Å². The average molecular weight is 333 g/mol. The number of anilines is 1. The first-order chi connectivity index (χ1) is 10.5. The molecule has 1 aromatic heterocycles. The highest BCUT2D eigenvalue weighted by Gasteiger charge is 2.14. The summed E-state index contributed by atoms with van der Waals surface area (Å²) in [6.45, 7) is 6.06. The Morgan fingerprint density at radius 2 is 1.95 bits per heavy atom. The first-order valence-electron chi connectivity index (χ1n) is 7.02. The largest absolute Gasteiger partial charge is 0.331 e. The van der Waals surface area contributed by atoms with Crippen molar-refractivity contribution in [2.75, 3.05) is 5.32 Å². The van der Waals surface area contributed by atoms with Gasteiger partial charge in [-0.15, -0.1) is 11.3 Å². The van der Waals surface area contributed by atoms with Crippen molar-refractivity contribution in [1.29, 1.82) is 0 Å². The standard InChI is InChI=1S/C16H19N3OS2/c1-4-12-11(3)22-9-13(12)15(20)18-19-16(21)17-14-8-6-5-7-10(14)2/h5-9H,4H2,1-3H3,(H,18,20)(H2,17,19,21). The van der Waals surface area contributed by atoms with E-state index in [4.69, 9.17) is 12.2 Å². The Morgan fingerprint density at radius 3 is 2.64 bits per heavy atom. The SMILES string of the molecule is CCc1c(C(=O)NNC(=S)Nc2ccccc2C)csc1C. The Bertz CT molecular complexity index is 694. The summed E-state index contributed by atoms with van der Waals surface area (Å²) in [6.07, 6.45) is 0.837. The van der Waals surface area contributed by atoms with E-state index in [0.717, 1.165) is 23.2 Å². The van der Waals surface area contributed by atoms with E-state index in [1.54, 1.807) is 11.3 Å². The number of hydrogen-bond donors (Lipinski definition) is 3. The monoisotopic (exact) mass is 333 g/mol. The molecule has 0 aliphatic carbocycles. The Labute approximate surface area is 139 Å². The molecule has 0 spiro atoms. The Balaban J connectivity index is 1.93. The van der Waals surface area contributed by atoms with Crippen molar-refractivity contribution in [3.8, 4) is 0 Å². The van der Waals surface area contributed by atoms with Crippen molar-refractivity contribution >= 4 is 40.3 Å². The highest BCUT2D eigenvalue weighted by atomic mass is 32.1. The molecule has 0 saturated heterocycles. The molecule has 1 heterocycles. The van der Waals surface area contributed by atoms with Crippen LogP contribution in [0.5, 0.6) is 0 Å². The van der Waals surface area contributed by atoms with Crippen LogP contribution in [-0.4, -0.2) is 11.0 Å². The van der Waals surface area contributed by atoms with Crippen LogP contribution >= 0.6 is 23.6 Å². The van der Waals surface area contributed by atoms with Crippen molar-refractivity contribution < 1.29 is 4.79 Å². The van der Waals surface area contributed by atoms with Crippen LogP contribution in [0.25, 0.3) is 0 Å². The second-order valence-corrected chi connectivity index (χ2v) is 6.38. The first kappa shape index (κ1) is 16.5. The summed E-state index contributed by atoms with van der Waals surface area (Å²) in [5.74, 6) is -0.171. The fraction of sp³-hybridized carbons (Fsp3) is 0.250. The van der Waals surface area contributed by atoms with Gasteiger partial charge in [0.15, 0.2) is 5.11 Å². The average Bonchev–Trinajstić information content (AvgIpc) is 2.88. The summed E-state index contributed by atoms with van der Waals surface area (Å²) in [7, 11) is 0. The molecule has 116 valence electrons. The maximum atomic E-state index is 12.2. The minimum atomic E-state index is -0.171. The van der Waals surface area contributed by atoms with Crippen LogP contribution < -0.4 is 16.2 Å². The van der Waals surface area contributed by atoms with Crippen LogP contribution in [0.3, 0.4) is 0 Å². The summed E-state index contributed by atoms with van der Waals surface area (Å²) in [5, 5.41) is 5.29. The van der Waals surface area contributed by atoms with E-state index in [0.29, 0.717) is 10.7 Å². The van der Waals surface area contributed by atoms with Gasteiger partial charge in [0.1, 0.15) is 0 Å². The Hall–Kier alpha value is -1.92. The first-order valence-corrected chi connectivity index (χ1v) is 8.31. The van der Waals surface area contributed by atoms with E-state index >= 15 is 0 Å². The van der Waals surface area contributed by atoms with Crippen molar-refractivity contribution in [2.24, 2.45) is 0 Å². The molecule has 0 atom stereocenters. The molecule has 4 nitrogen and oxygen atoms in total. The molecule has 0 aliphatic heterocycles. The minimum Gasteiger partial charge on any atom is -0.331 e. The molecule has 0 bridgehead atoms. The van der Waals surface area contributed by atoms with Gasteiger partial charge in [-0.3, -0.25) is 15.6 Å². The third-order valence-electron chi connectivity index (χ3n) is 3.38. The summed E-state index contributed by atoms with van der Waals surface area (Å²) < 4.78 is 0. The summed E-state index contributed by atoms with van der Waals surface area (Å²) in [5.41, 5.74) is 9.17. The molecular formula is C16H19N3OS2. The predicted octanol–water partition coefficient (Wildman–Crippen LogP) is 3.56. The summed E-state index contributed by atoms with van der Waals surface area (Å²) >= 11 is 6.78. The van der Waals surface area contributed by atoms with E-state index in [1.807, 2.05) is 50.4 Å². The van der Waals surface area contributed by atoms with Gasteiger partial charge in [0.05, 0.1) is 5.56 Å². The maximum absolute atomic E-state index is 12.2. The maximum Gasteiger partial charge on any atom is 0.270 e. The predicted molar refractivity (Wildman–Crippen MR) is 96.4 cm³/mol. The third kappa shape index (κ3) is 3.84. The van der Waals surface area contributed by atoms with Gasteiger partial charge in [0.25, 0.3) is 5.91 Å². The number of thiophene rings is 1. The molecule has 1 amide bonds. The quantitative estimate of drug-likeness (QED) is 0.594. The molecule has 0 unspecified atom stereocenters. The minimum absolute atomic E-state index is 0.171. The third-order valence-corrected chi connectivity index (χ3v) is 4.54. The molecule has 0 saturated carbocycles. The molecule has 6 heteroatoms. The van der Waals surface area contributed by atoms with Gasteiger partial charge >= 0.3 is 0 Å². The van der Waals surface area contributed by atoms with E-state index in [-0.39, 0.29) is 5.91 Å². The van der Waals surface area contributed by atoms with Crippen LogP contribution in [0.2, 0.25) is 0 Å². The zero-order chi connectivity index (χ0) is 16.1. The topological polar surface area (TPSA) is 53.2 Å². The summed E-state index contributed by atoms with van der Waals surface area (Å²) in [6, 6.07) is 7.82. The van der Waals surface area contributed by atoms with E-state index < -0.39 is 0 Å². The Kier molecular flexibility index (Phi) is 5.51. The normalized spacial score (nSPS) is 10.1. The lowest BCUT2D eigenvalue weighted by Gasteiger charge is -2.13. The summed E-state index contributed by atoms with van der Waals surface area (Å²) in [4.78, 5) is 13.4. The lowest BCUT2D eigenvalue weighted by atomic mass is 10.1. The number of carbonyl (C=O) groups excluding carboxylic acids is 1. The molecule has 0 fully saturated rings. The fourth-order valence-electron chi connectivity index (χ4n) is 2.16. The van der Waals surface area contributed by atoms with E-state index in [2.05, 4.69) is 16.2 Å². The van der Waals surface area contributed by atoms with E-state index in [9.17, 15) is 4.79 Å². The molecule has 2 aromatic rings. The number of para-hydroxylation sites is 1. The number of hydrogen-bond acceptors (Lipinski definition) is 3. The van der Waals surface area contributed by atoms with Crippen molar-refractivity contribution in [1.82, 2.24) is 10.9 Å². The highest BCUT2D eigenvalue weighted by molar-refractivity contribution is 7.80. The van der Waals surface area contributed by atoms with Crippen LogP contribution in [0.4, 0.5) is 5.69 Å². The van der Waals surface area contributed by atoms with Gasteiger partial charge in [-0.1, -0.05) is 25.1 Å². The fourth-order valence-corrected chi connectivity index (χ4v) is 3.26. The van der Waals surface area contributed by atoms with Crippen LogP contribution in [0.1, 0.15) is 33.3 Å². The van der Waals surface area contributed by atoms with Crippen molar-refractivity contribution in [2.45, 2.75) is 27.2 Å². The van der Waals surface area contributed by atoms with Crippen molar-refractivity contribution in [3.05, 3.63) is 51.2 Å². The molecule has 0 radical (unpaired) electrons. The highest BCUT2D eigenvalue weighted by Crippen LogP contribution is 2.22. The number of aryl methyl sites for hydroxylation is 2. The number of rotatable bonds is 3. The molecule has 1 aromatic carbocycles. The van der Waals surface area contributed by atoms with Gasteiger partial charge in [0, 0.05) is 15.9 Å². The lowest BCUT2D eigenvalue weighted by Crippen LogP contribution is -2.44. The zero-order valence-corrected chi connectivity index (χ0v) is 14.5. The van der Waals surface area contributed by atoms with Gasteiger partial charge in [-0.2, -0.15) is 0 Å². The van der Waals surface area contributed by atoms with E-state index in [1.165, 1.54) is 4.88 Å². The van der Waals surface area contributed by atoms with Crippen LogP contribution in [-0.2, 0) is 6.42 Å². The molecular weight excluding hydrogens is 314 g/mol. The van der Waals surface area contributed by atoms with Gasteiger partial charge < -0.3 is 5.32 Å². The smallest absolute Gasteiger partial charge is 0.270 e. The number of nitrogens with one attached hydrogen (secondary N) is 3. The molecule has 0 aliphatic rings. The second kappa shape index (κ2) is 7.38. The lowest BCUT2D eigenvalue weighted by molar-refractivity contribution is 0.0943. The number of thiocarbonyl (C=S) groups is 1. The Morgan fingerprint density at radius 1 is 1.23 bits per heavy atom. The number of amides is 1. The zero-order valence-electron chi connectivity index (χ0n) is 12.8. The van der Waals surface area contributed by atoms with Gasteiger partial charge in [-0.25, -0.2) is 0 Å². The molecule has 22 heavy (non-hydrogen) atoms. The number of carbonyl (C=O) groups is 1. The molecule has 2 rings (SSSR count).